The number of anilines is 1. The lowest BCUT2D eigenvalue weighted by Crippen LogP contribution is -2.28. The van der Waals surface area contributed by atoms with Gasteiger partial charge in [-0.15, -0.1) is 11.3 Å². The zero-order chi connectivity index (χ0) is 17.8. The van der Waals surface area contributed by atoms with Crippen LogP contribution >= 0.6 is 11.3 Å². The number of hydrogen-bond acceptors (Lipinski definition) is 5. The number of aryl methyl sites for hydroxylation is 1. The summed E-state index contributed by atoms with van der Waals surface area (Å²) in [5.74, 6) is 1.58. The van der Waals surface area contributed by atoms with E-state index in [4.69, 9.17) is 0 Å². The van der Waals surface area contributed by atoms with Crippen molar-refractivity contribution in [3.05, 3.63) is 64.5 Å². The van der Waals surface area contributed by atoms with Gasteiger partial charge in [0.2, 0.25) is 0 Å². The number of nitrogens with one attached hydrogen (secondary N) is 1. The van der Waals surface area contributed by atoms with E-state index in [1.54, 1.807) is 11.3 Å². The summed E-state index contributed by atoms with van der Waals surface area (Å²) in [6, 6.07) is 10.4. The molecule has 0 radical (unpaired) electrons. The molecule has 136 valence electrons. The number of thiazole rings is 1. The Morgan fingerprint density at radius 2 is 2.15 bits per heavy atom. The lowest BCUT2D eigenvalue weighted by Gasteiger charge is -2.23. The van der Waals surface area contributed by atoms with Crippen molar-refractivity contribution in [1.29, 1.82) is 0 Å². The first-order valence-corrected chi connectivity index (χ1v) is 10.1. The minimum atomic E-state index is 0.619. The first-order valence-electron chi connectivity index (χ1n) is 9.18. The van der Waals surface area contributed by atoms with Crippen LogP contribution < -0.4 is 5.32 Å². The quantitative estimate of drug-likeness (QED) is 0.720. The van der Waals surface area contributed by atoms with Crippen molar-refractivity contribution in [1.82, 2.24) is 19.4 Å². The summed E-state index contributed by atoms with van der Waals surface area (Å²) in [4.78, 5) is 12.7. The van der Waals surface area contributed by atoms with Gasteiger partial charge in [-0.2, -0.15) is 0 Å². The number of nitrogens with zero attached hydrogens (tertiary/aromatic N) is 4. The first kappa shape index (κ1) is 17.2. The Morgan fingerprint density at radius 1 is 1.19 bits per heavy atom. The molecule has 0 aliphatic carbocycles. The Balaban J connectivity index is 1.41. The van der Waals surface area contributed by atoms with Gasteiger partial charge in [-0.3, -0.25) is 4.90 Å². The molecule has 1 N–H and O–H groups in total. The van der Waals surface area contributed by atoms with Crippen LogP contribution in [-0.2, 0) is 19.6 Å². The number of rotatable bonds is 6. The molecule has 6 heteroatoms. The molecule has 4 rings (SSSR count). The van der Waals surface area contributed by atoms with Crippen LogP contribution in [0.5, 0.6) is 0 Å². The largest absolute Gasteiger partial charge is 0.370 e. The highest BCUT2D eigenvalue weighted by Crippen LogP contribution is 2.23. The Hall–Kier alpha value is -2.18. The van der Waals surface area contributed by atoms with Gasteiger partial charge in [0.1, 0.15) is 5.82 Å². The van der Waals surface area contributed by atoms with E-state index in [0.29, 0.717) is 5.92 Å². The molecule has 3 aromatic rings. The van der Waals surface area contributed by atoms with E-state index in [0.717, 1.165) is 45.0 Å². The summed E-state index contributed by atoms with van der Waals surface area (Å²) in [7, 11) is 0. The SMILES string of the molecule is Cc1ncsc1CN1Cc2cccn2C[C@@H](CCNc2ccccn2)C1. The second-order valence-corrected chi connectivity index (χ2v) is 7.92. The van der Waals surface area contributed by atoms with Crippen LogP contribution in [0.1, 0.15) is 22.7 Å². The molecule has 1 atom stereocenters. The molecule has 0 bridgehead atoms. The van der Waals surface area contributed by atoms with Crippen LogP contribution in [-0.4, -0.2) is 32.5 Å². The van der Waals surface area contributed by atoms with Crippen molar-refractivity contribution in [2.24, 2.45) is 5.92 Å². The van der Waals surface area contributed by atoms with Crippen LogP contribution in [0.25, 0.3) is 0 Å². The molecular weight excluding hydrogens is 342 g/mol. The average molecular weight is 368 g/mol. The smallest absolute Gasteiger partial charge is 0.125 e. The third kappa shape index (κ3) is 4.14. The third-order valence-corrected chi connectivity index (χ3v) is 5.94. The van der Waals surface area contributed by atoms with Crippen LogP contribution in [0.3, 0.4) is 0 Å². The Kier molecular flexibility index (Phi) is 5.32. The molecule has 5 nitrogen and oxygen atoms in total. The van der Waals surface area contributed by atoms with Gasteiger partial charge >= 0.3 is 0 Å². The second kappa shape index (κ2) is 8.01. The molecule has 26 heavy (non-hydrogen) atoms. The Bertz CT molecular complexity index is 826. The van der Waals surface area contributed by atoms with Gasteiger partial charge in [-0.05, 0) is 43.5 Å². The lowest BCUT2D eigenvalue weighted by atomic mass is 10.0. The van der Waals surface area contributed by atoms with Crippen LogP contribution in [0, 0.1) is 12.8 Å². The molecule has 0 amide bonds. The molecule has 3 aromatic heterocycles. The van der Waals surface area contributed by atoms with E-state index in [2.05, 4.69) is 50.0 Å². The van der Waals surface area contributed by atoms with E-state index in [1.165, 1.54) is 16.3 Å². The molecule has 4 heterocycles. The summed E-state index contributed by atoms with van der Waals surface area (Å²) < 4.78 is 2.42. The van der Waals surface area contributed by atoms with Gasteiger partial charge < -0.3 is 9.88 Å². The minimum absolute atomic E-state index is 0.619. The maximum Gasteiger partial charge on any atom is 0.125 e. The van der Waals surface area contributed by atoms with Crippen molar-refractivity contribution in [2.45, 2.75) is 33.0 Å². The fourth-order valence-corrected chi connectivity index (χ4v) is 4.44. The third-order valence-electron chi connectivity index (χ3n) is 5.02. The van der Waals surface area contributed by atoms with Crippen molar-refractivity contribution in [3.8, 4) is 0 Å². The van der Waals surface area contributed by atoms with Crippen LogP contribution in [0.15, 0.2) is 48.2 Å². The topological polar surface area (TPSA) is 46.0 Å². The van der Waals surface area contributed by atoms with Gasteiger partial charge in [0.05, 0.1) is 11.2 Å². The highest BCUT2D eigenvalue weighted by atomic mass is 32.1. The van der Waals surface area contributed by atoms with Gasteiger partial charge in [0, 0.05) is 55.7 Å². The first-order chi connectivity index (χ1) is 12.8. The highest BCUT2D eigenvalue weighted by molar-refractivity contribution is 7.09. The summed E-state index contributed by atoms with van der Waals surface area (Å²) >= 11 is 1.77. The van der Waals surface area contributed by atoms with Crippen molar-refractivity contribution in [3.63, 3.8) is 0 Å². The van der Waals surface area contributed by atoms with Crippen molar-refractivity contribution >= 4 is 17.2 Å². The fraction of sp³-hybridized carbons (Fsp3) is 0.400. The zero-order valence-corrected chi connectivity index (χ0v) is 16.0. The summed E-state index contributed by atoms with van der Waals surface area (Å²) in [5, 5.41) is 3.45. The lowest BCUT2D eigenvalue weighted by molar-refractivity contribution is 0.219. The summed E-state index contributed by atoms with van der Waals surface area (Å²) in [5.41, 5.74) is 4.54. The maximum absolute atomic E-state index is 4.41. The van der Waals surface area contributed by atoms with E-state index >= 15 is 0 Å². The molecule has 0 aromatic carbocycles. The van der Waals surface area contributed by atoms with Crippen molar-refractivity contribution in [2.75, 3.05) is 18.4 Å². The molecule has 0 saturated carbocycles. The predicted octanol–water partition coefficient (Wildman–Crippen LogP) is 3.78. The standard InChI is InChI=1S/C20H25N5S/c1-16-19(26-15-23-16)14-24-11-17(12-25-10-4-5-18(25)13-24)7-9-22-20-6-2-3-8-21-20/h2-6,8,10,15,17H,7,9,11-14H2,1H3,(H,21,22)/t17-/m0/s1. The molecule has 1 aliphatic heterocycles. The normalized spacial score (nSPS) is 17.7. The highest BCUT2D eigenvalue weighted by Gasteiger charge is 2.22. The monoisotopic (exact) mass is 367 g/mol. The van der Waals surface area contributed by atoms with Crippen molar-refractivity contribution < 1.29 is 0 Å². The van der Waals surface area contributed by atoms with E-state index in [-0.39, 0.29) is 0 Å². The Labute approximate surface area is 158 Å². The summed E-state index contributed by atoms with van der Waals surface area (Å²) in [6.07, 6.45) is 5.18. The predicted molar refractivity (Wildman–Crippen MR) is 106 cm³/mol. The van der Waals surface area contributed by atoms with Crippen LogP contribution in [0.2, 0.25) is 0 Å². The van der Waals surface area contributed by atoms with E-state index in [9.17, 15) is 0 Å². The molecule has 0 spiro atoms. The average Bonchev–Trinajstić information content (AvgIpc) is 3.21. The van der Waals surface area contributed by atoms with Gasteiger partial charge in [0.25, 0.3) is 0 Å². The minimum Gasteiger partial charge on any atom is -0.370 e. The summed E-state index contributed by atoms with van der Waals surface area (Å²) in [6.45, 7) is 7.26. The van der Waals surface area contributed by atoms with Gasteiger partial charge in [-0.1, -0.05) is 6.07 Å². The van der Waals surface area contributed by atoms with E-state index < -0.39 is 0 Å². The number of fused-ring (bicyclic) bond motifs is 1. The molecule has 0 unspecified atom stereocenters. The van der Waals surface area contributed by atoms with E-state index in [1.807, 2.05) is 29.9 Å². The van der Waals surface area contributed by atoms with Gasteiger partial charge in [0.15, 0.2) is 0 Å². The van der Waals surface area contributed by atoms with Crippen LogP contribution in [0.4, 0.5) is 5.82 Å². The molecule has 0 saturated heterocycles. The number of pyridine rings is 1. The number of hydrogen-bond donors (Lipinski definition) is 1. The maximum atomic E-state index is 4.41. The van der Waals surface area contributed by atoms with Gasteiger partial charge in [-0.25, -0.2) is 9.97 Å². The Morgan fingerprint density at radius 3 is 2.96 bits per heavy atom. The number of aromatic nitrogens is 3. The second-order valence-electron chi connectivity index (χ2n) is 6.98. The molecule has 0 fully saturated rings. The molecule has 1 aliphatic rings. The zero-order valence-electron chi connectivity index (χ0n) is 15.1. The fourth-order valence-electron chi connectivity index (χ4n) is 3.62. The molecular formula is C20H25N5S.